The molecule has 3 rings (SSSR count). The Kier molecular flexibility index (Phi) is 4.02. The van der Waals surface area contributed by atoms with E-state index in [2.05, 4.69) is 9.97 Å². The molecule has 1 aromatic carbocycles. The van der Waals surface area contributed by atoms with Crippen molar-refractivity contribution in [3.05, 3.63) is 64.6 Å². The van der Waals surface area contributed by atoms with Crippen molar-refractivity contribution >= 4 is 23.6 Å². The Balaban J connectivity index is 1.77. The number of carbonyl (C=O) groups excluding carboxylic acids is 2. The summed E-state index contributed by atoms with van der Waals surface area (Å²) in [6.07, 6.45) is 2.19. The molecule has 0 aliphatic carbocycles. The average Bonchev–Trinajstić information content (AvgIpc) is 3.10. The zero-order valence-corrected chi connectivity index (χ0v) is 12.1. The smallest absolute Gasteiger partial charge is 0.353 e. The lowest BCUT2D eigenvalue weighted by Gasteiger charge is -2.04. The fourth-order valence-electron chi connectivity index (χ4n) is 1.80. The van der Waals surface area contributed by atoms with E-state index in [4.69, 9.17) is 4.74 Å². The Morgan fingerprint density at radius 3 is 2.64 bits per heavy atom. The molecule has 0 atom stereocenters. The standard InChI is InChI=1S/C16H10N2O3S/c19-10-12-7-8-17-15(18-12)11-3-5-13(6-4-11)21-16(20)14-2-1-9-22-14/h1-10H. The van der Waals surface area contributed by atoms with Crippen LogP contribution in [-0.2, 0) is 0 Å². The maximum Gasteiger partial charge on any atom is 0.353 e. The molecular weight excluding hydrogens is 300 g/mol. The SMILES string of the molecule is O=Cc1ccnc(-c2ccc(OC(=O)c3cccs3)cc2)n1. The molecular formula is C16H10N2O3S. The first-order chi connectivity index (χ1) is 10.8. The van der Waals surface area contributed by atoms with Crippen LogP contribution >= 0.6 is 11.3 Å². The molecule has 0 N–H and O–H groups in total. The van der Waals surface area contributed by atoms with E-state index in [1.54, 1.807) is 36.4 Å². The molecule has 0 bridgehead atoms. The zero-order valence-electron chi connectivity index (χ0n) is 11.3. The van der Waals surface area contributed by atoms with E-state index >= 15 is 0 Å². The first-order valence-electron chi connectivity index (χ1n) is 6.40. The first kappa shape index (κ1) is 14.1. The van der Waals surface area contributed by atoms with Gasteiger partial charge in [-0.3, -0.25) is 4.79 Å². The van der Waals surface area contributed by atoms with Crippen LogP contribution in [0, 0.1) is 0 Å². The molecule has 0 saturated carbocycles. The topological polar surface area (TPSA) is 69.2 Å². The third kappa shape index (κ3) is 3.07. The van der Waals surface area contributed by atoms with Crippen LogP contribution in [0.25, 0.3) is 11.4 Å². The molecule has 0 amide bonds. The second-order valence-corrected chi connectivity index (χ2v) is 5.26. The van der Waals surface area contributed by atoms with E-state index in [1.165, 1.54) is 23.6 Å². The highest BCUT2D eigenvalue weighted by Crippen LogP contribution is 2.20. The number of esters is 1. The number of aldehydes is 1. The van der Waals surface area contributed by atoms with Crippen molar-refractivity contribution in [2.24, 2.45) is 0 Å². The lowest BCUT2D eigenvalue weighted by molar-refractivity contribution is 0.0739. The number of ether oxygens (including phenoxy) is 1. The van der Waals surface area contributed by atoms with Crippen LogP contribution in [0.5, 0.6) is 5.75 Å². The van der Waals surface area contributed by atoms with Crippen molar-refractivity contribution in [1.82, 2.24) is 9.97 Å². The molecule has 0 spiro atoms. The fourth-order valence-corrected chi connectivity index (χ4v) is 2.40. The Morgan fingerprint density at radius 2 is 1.95 bits per heavy atom. The molecule has 0 unspecified atom stereocenters. The highest BCUT2D eigenvalue weighted by atomic mass is 32.1. The van der Waals surface area contributed by atoms with Crippen molar-refractivity contribution in [2.45, 2.75) is 0 Å². The maximum absolute atomic E-state index is 11.8. The molecule has 5 nitrogen and oxygen atoms in total. The van der Waals surface area contributed by atoms with Crippen molar-refractivity contribution in [3.63, 3.8) is 0 Å². The van der Waals surface area contributed by atoms with Gasteiger partial charge in [0, 0.05) is 11.8 Å². The Labute approximate surface area is 130 Å². The number of hydrogen-bond donors (Lipinski definition) is 0. The summed E-state index contributed by atoms with van der Waals surface area (Å²) < 4.78 is 5.27. The third-order valence-corrected chi connectivity index (χ3v) is 3.69. The molecule has 6 heteroatoms. The second-order valence-electron chi connectivity index (χ2n) is 4.31. The van der Waals surface area contributed by atoms with Crippen molar-refractivity contribution < 1.29 is 14.3 Å². The van der Waals surface area contributed by atoms with Crippen LogP contribution in [-0.4, -0.2) is 22.2 Å². The Hall–Kier alpha value is -2.86. The molecule has 0 radical (unpaired) electrons. The monoisotopic (exact) mass is 310 g/mol. The van der Waals surface area contributed by atoms with Gasteiger partial charge in [-0.2, -0.15) is 0 Å². The van der Waals surface area contributed by atoms with E-state index in [-0.39, 0.29) is 5.97 Å². The number of hydrogen-bond acceptors (Lipinski definition) is 6. The number of aromatic nitrogens is 2. The van der Waals surface area contributed by atoms with E-state index in [0.29, 0.717) is 28.4 Å². The highest BCUT2D eigenvalue weighted by Gasteiger charge is 2.10. The molecule has 0 aliphatic rings. The fraction of sp³-hybridized carbons (Fsp3) is 0. The summed E-state index contributed by atoms with van der Waals surface area (Å²) in [4.78, 5) is 31.3. The first-order valence-corrected chi connectivity index (χ1v) is 7.28. The maximum atomic E-state index is 11.8. The number of thiophene rings is 1. The summed E-state index contributed by atoms with van der Waals surface area (Å²) in [5, 5.41) is 1.82. The Bertz CT molecular complexity index is 799. The van der Waals surface area contributed by atoms with Gasteiger partial charge in [-0.25, -0.2) is 14.8 Å². The molecule has 108 valence electrons. The Morgan fingerprint density at radius 1 is 1.14 bits per heavy atom. The van der Waals surface area contributed by atoms with E-state index in [9.17, 15) is 9.59 Å². The quantitative estimate of drug-likeness (QED) is 0.420. The number of nitrogens with zero attached hydrogens (tertiary/aromatic N) is 2. The van der Waals surface area contributed by atoms with Crippen LogP contribution < -0.4 is 4.74 Å². The summed E-state index contributed by atoms with van der Waals surface area (Å²) in [5.74, 6) is 0.497. The summed E-state index contributed by atoms with van der Waals surface area (Å²) in [5.41, 5.74) is 1.05. The lowest BCUT2D eigenvalue weighted by Crippen LogP contribution is -2.06. The minimum Gasteiger partial charge on any atom is -0.422 e. The number of benzene rings is 1. The minimum absolute atomic E-state index is 0.318. The van der Waals surface area contributed by atoms with Gasteiger partial charge in [0.1, 0.15) is 16.3 Å². The van der Waals surface area contributed by atoms with Crippen LogP contribution in [0.2, 0.25) is 0 Å². The minimum atomic E-state index is -0.387. The molecule has 3 aromatic rings. The highest BCUT2D eigenvalue weighted by molar-refractivity contribution is 7.12. The van der Waals surface area contributed by atoms with Crippen molar-refractivity contribution in [1.29, 1.82) is 0 Å². The van der Waals surface area contributed by atoms with Gasteiger partial charge in [-0.1, -0.05) is 6.07 Å². The van der Waals surface area contributed by atoms with Gasteiger partial charge < -0.3 is 4.74 Å². The average molecular weight is 310 g/mol. The van der Waals surface area contributed by atoms with Gasteiger partial charge in [0.05, 0.1) is 0 Å². The molecule has 22 heavy (non-hydrogen) atoms. The van der Waals surface area contributed by atoms with Gasteiger partial charge >= 0.3 is 5.97 Å². The predicted octanol–water partition coefficient (Wildman–Crippen LogP) is 3.24. The molecule has 0 saturated heterocycles. The van der Waals surface area contributed by atoms with Crippen molar-refractivity contribution in [3.8, 4) is 17.1 Å². The molecule has 0 fully saturated rings. The van der Waals surface area contributed by atoms with Gasteiger partial charge in [-0.15, -0.1) is 11.3 Å². The molecule has 0 aliphatic heterocycles. The van der Waals surface area contributed by atoms with Gasteiger partial charge in [0.2, 0.25) is 0 Å². The van der Waals surface area contributed by atoms with E-state index in [1.807, 2.05) is 5.38 Å². The van der Waals surface area contributed by atoms with Gasteiger partial charge in [-0.05, 0) is 41.8 Å². The van der Waals surface area contributed by atoms with Crippen LogP contribution in [0.1, 0.15) is 20.2 Å². The third-order valence-electron chi connectivity index (χ3n) is 2.84. The number of rotatable bonds is 4. The van der Waals surface area contributed by atoms with Crippen LogP contribution in [0.15, 0.2) is 54.0 Å². The normalized spacial score (nSPS) is 10.2. The van der Waals surface area contributed by atoms with E-state index < -0.39 is 0 Å². The van der Waals surface area contributed by atoms with Gasteiger partial charge in [0.25, 0.3) is 0 Å². The predicted molar refractivity (Wildman–Crippen MR) is 82.1 cm³/mol. The number of carbonyl (C=O) groups is 2. The largest absolute Gasteiger partial charge is 0.422 e. The lowest BCUT2D eigenvalue weighted by atomic mass is 10.2. The second kappa shape index (κ2) is 6.28. The van der Waals surface area contributed by atoms with Gasteiger partial charge in [0.15, 0.2) is 12.1 Å². The van der Waals surface area contributed by atoms with Crippen LogP contribution in [0.3, 0.4) is 0 Å². The zero-order chi connectivity index (χ0) is 15.4. The summed E-state index contributed by atoms with van der Waals surface area (Å²) in [6, 6.07) is 11.8. The molecule has 2 aromatic heterocycles. The van der Waals surface area contributed by atoms with E-state index in [0.717, 1.165) is 5.56 Å². The summed E-state index contributed by atoms with van der Waals surface area (Å²) >= 11 is 1.33. The van der Waals surface area contributed by atoms with Crippen LogP contribution in [0.4, 0.5) is 0 Å². The molecule has 2 heterocycles. The summed E-state index contributed by atoms with van der Waals surface area (Å²) in [7, 11) is 0. The summed E-state index contributed by atoms with van der Waals surface area (Å²) in [6.45, 7) is 0. The van der Waals surface area contributed by atoms with Crippen molar-refractivity contribution in [2.75, 3.05) is 0 Å².